The van der Waals surface area contributed by atoms with Gasteiger partial charge in [-0.25, -0.2) is 0 Å². The van der Waals surface area contributed by atoms with Crippen molar-refractivity contribution in [2.24, 2.45) is 0 Å². The smallest absolute Gasteiger partial charge is 0.325 e. The Bertz CT molecular complexity index is 1100. The highest BCUT2D eigenvalue weighted by Gasteiger charge is 2.16. The summed E-state index contributed by atoms with van der Waals surface area (Å²) in [6.07, 6.45) is 0. The maximum atomic E-state index is 12.5. The van der Waals surface area contributed by atoms with Gasteiger partial charge in [0.1, 0.15) is 6.04 Å². The highest BCUT2D eigenvalue weighted by Crippen LogP contribution is 2.11. The molecule has 0 aliphatic carbocycles. The highest BCUT2D eigenvalue weighted by molar-refractivity contribution is 5.97. The molecule has 0 aromatic heterocycles. The van der Waals surface area contributed by atoms with Crippen LogP contribution in [0.5, 0.6) is 0 Å². The molecule has 0 bridgehead atoms. The Kier molecular flexibility index (Phi) is 6.66. The summed E-state index contributed by atoms with van der Waals surface area (Å²) in [7, 11) is 0. The summed E-state index contributed by atoms with van der Waals surface area (Å²) in [4.78, 5) is 23.6. The first-order valence-corrected chi connectivity index (χ1v) is 9.34. The number of carbonyl (C=O) groups is 2. The summed E-state index contributed by atoms with van der Waals surface area (Å²) in [5.74, 6) is 10.6. The van der Waals surface area contributed by atoms with Crippen LogP contribution in [-0.4, -0.2) is 23.0 Å². The third-order valence-electron chi connectivity index (χ3n) is 4.16. The molecule has 0 aliphatic heterocycles. The molecule has 3 rings (SSSR count). The fourth-order valence-electron chi connectivity index (χ4n) is 2.58. The zero-order valence-corrected chi connectivity index (χ0v) is 16.3. The third-order valence-corrected chi connectivity index (χ3v) is 4.16. The van der Waals surface area contributed by atoms with Crippen molar-refractivity contribution in [2.75, 3.05) is 0 Å². The molecule has 146 valence electrons. The molecule has 3 aromatic carbocycles. The first-order valence-electron chi connectivity index (χ1n) is 9.34. The number of carbonyl (C=O) groups excluding carboxylic acids is 1. The maximum Gasteiger partial charge on any atom is 0.325 e. The largest absolute Gasteiger partial charge is 0.480 e. The van der Waals surface area contributed by atoms with E-state index in [0.29, 0.717) is 16.7 Å². The average molecular weight is 393 g/mol. The summed E-state index contributed by atoms with van der Waals surface area (Å²) in [6.45, 7) is 1.41. The lowest BCUT2D eigenvalue weighted by molar-refractivity contribution is -0.138. The molecule has 4 heteroatoms. The SMILES string of the molecule is C[C@H](NC(=O)c1cc(C#Cc2ccccc2)cc(C#Cc2ccccc2)c1)C(=O)O. The first-order chi connectivity index (χ1) is 14.5. The molecular formula is C26H19NO3. The zero-order chi connectivity index (χ0) is 21.3. The molecule has 30 heavy (non-hydrogen) atoms. The predicted octanol–water partition coefficient (Wildman–Crippen LogP) is 3.69. The fraction of sp³-hybridized carbons (Fsp3) is 0.0769. The number of nitrogens with one attached hydrogen (secondary N) is 1. The lowest BCUT2D eigenvalue weighted by Crippen LogP contribution is -2.38. The van der Waals surface area contributed by atoms with Gasteiger partial charge in [-0.1, -0.05) is 60.1 Å². The number of amides is 1. The molecule has 0 heterocycles. The fourth-order valence-corrected chi connectivity index (χ4v) is 2.58. The van der Waals surface area contributed by atoms with Crippen LogP contribution in [-0.2, 0) is 4.79 Å². The van der Waals surface area contributed by atoms with E-state index in [4.69, 9.17) is 5.11 Å². The van der Waals surface area contributed by atoms with Gasteiger partial charge in [-0.2, -0.15) is 0 Å². The van der Waals surface area contributed by atoms with Crippen molar-refractivity contribution in [3.8, 4) is 23.7 Å². The molecular weight excluding hydrogens is 374 g/mol. The van der Waals surface area contributed by atoms with Crippen molar-refractivity contribution in [3.05, 3.63) is 107 Å². The second kappa shape index (κ2) is 9.78. The Morgan fingerprint density at radius 3 is 1.60 bits per heavy atom. The second-order valence-corrected chi connectivity index (χ2v) is 6.56. The van der Waals surface area contributed by atoms with E-state index in [9.17, 15) is 9.59 Å². The number of aliphatic carboxylic acids is 1. The van der Waals surface area contributed by atoms with Gasteiger partial charge in [-0.15, -0.1) is 0 Å². The van der Waals surface area contributed by atoms with Crippen molar-refractivity contribution in [2.45, 2.75) is 13.0 Å². The van der Waals surface area contributed by atoms with E-state index < -0.39 is 17.9 Å². The minimum absolute atomic E-state index is 0.306. The molecule has 0 aliphatic rings. The van der Waals surface area contributed by atoms with Gasteiger partial charge in [0.15, 0.2) is 0 Å². The van der Waals surface area contributed by atoms with Gasteiger partial charge < -0.3 is 10.4 Å². The molecule has 0 fully saturated rings. The van der Waals surface area contributed by atoms with Gasteiger partial charge >= 0.3 is 5.97 Å². The highest BCUT2D eigenvalue weighted by atomic mass is 16.4. The van der Waals surface area contributed by atoms with E-state index in [1.54, 1.807) is 12.1 Å². The Morgan fingerprint density at radius 2 is 1.17 bits per heavy atom. The topological polar surface area (TPSA) is 66.4 Å². The van der Waals surface area contributed by atoms with Crippen molar-refractivity contribution in [1.29, 1.82) is 0 Å². The van der Waals surface area contributed by atoms with Crippen molar-refractivity contribution < 1.29 is 14.7 Å². The number of rotatable bonds is 3. The van der Waals surface area contributed by atoms with Crippen LogP contribution >= 0.6 is 0 Å². The van der Waals surface area contributed by atoms with E-state index >= 15 is 0 Å². The second-order valence-electron chi connectivity index (χ2n) is 6.56. The van der Waals surface area contributed by atoms with Crippen LogP contribution in [0.2, 0.25) is 0 Å². The molecule has 3 aromatic rings. The standard InChI is InChI=1S/C26H19NO3/c1-19(26(29)30)27-25(28)24-17-22(14-12-20-8-4-2-5-9-20)16-23(18-24)15-13-21-10-6-3-7-11-21/h2-11,16-19H,1H3,(H,27,28)(H,29,30)/t19-/m0/s1. The molecule has 0 saturated heterocycles. The molecule has 2 N–H and O–H groups in total. The minimum atomic E-state index is -1.10. The summed E-state index contributed by atoms with van der Waals surface area (Å²) in [6, 6.07) is 23.1. The molecule has 4 nitrogen and oxygen atoms in total. The van der Waals surface area contributed by atoms with E-state index in [1.165, 1.54) is 6.92 Å². The Labute approximate surface area is 175 Å². The van der Waals surface area contributed by atoms with E-state index in [0.717, 1.165) is 11.1 Å². The van der Waals surface area contributed by atoms with Gasteiger partial charge in [0.05, 0.1) is 0 Å². The summed E-state index contributed by atoms with van der Waals surface area (Å²) in [5, 5.41) is 11.5. The third kappa shape index (κ3) is 5.86. The lowest BCUT2D eigenvalue weighted by atomic mass is 10.0. The average Bonchev–Trinajstić information content (AvgIpc) is 2.77. The molecule has 0 spiro atoms. The molecule has 0 unspecified atom stereocenters. The Morgan fingerprint density at radius 1 is 0.733 bits per heavy atom. The number of carboxylic acids is 1. The maximum absolute atomic E-state index is 12.5. The molecule has 0 saturated carbocycles. The van der Waals surface area contributed by atoms with Gasteiger partial charge in [0.25, 0.3) is 5.91 Å². The van der Waals surface area contributed by atoms with Crippen LogP contribution < -0.4 is 5.32 Å². The molecule has 1 atom stereocenters. The van der Waals surface area contributed by atoms with Crippen LogP contribution in [0.1, 0.15) is 39.5 Å². The van der Waals surface area contributed by atoms with Crippen LogP contribution in [0.3, 0.4) is 0 Å². The van der Waals surface area contributed by atoms with E-state index in [2.05, 4.69) is 29.0 Å². The quantitative estimate of drug-likeness (QED) is 0.667. The Hall–Kier alpha value is -4.28. The zero-order valence-electron chi connectivity index (χ0n) is 16.3. The summed E-state index contributed by atoms with van der Waals surface area (Å²) < 4.78 is 0. The van der Waals surface area contributed by atoms with E-state index in [-0.39, 0.29) is 0 Å². The minimum Gasteiger partial charge on any atom is -0.480 e. The van der Waals surface area contributed by atoms with Gasteiger partial charge in [-0.3, -0.25) is 9.59 Å². The Balaban J connectivity index is 1.97. The van der Waals surface area contributed by atoms with Crippen molar-refractivity contribution in [3.63, 3.8) is 0 Å². The molecule has 0 radical (unpaired) electrons. The number of hydrogen-bond acceptors (Lipinski definition) is 2. The number of carboxylic acid groups (broad SMARTS) is 1. The number of benzene rings is 3. The van der Waals surface area contributed by atoms with Gasteiger partial charge in [-0.05, 0) is 49.4 Å². The predicted molar refractivity (Wildman–Crippen MR) is 116 cm³/mol. The van der Waals surface area contributed by atoms with Crippen LogP contribution in [0, 0.1) is 23.7 Å². The monoisotopic (exact) mass is 393 g/mol. The van der Waals surface area contributed by atoms with Gasteiger partial charge in [0, 0.05) is 27.8 Å². The first kappa shape index (κ1) is 20.5. The lowest BCUT2D eigenvalue weighted by Gasteiger charge is -2.10. The van der Waals surface area contributed by atoms with E-state index in [1.807, 2.05) is 66.7 Å². The number of hydrogen-bond donors (Lipinski definition) is 2. The van der Waals surface area contributed by atoms with Gasteiger partial charge in [0.2, 0.25) is 0 Å². The van der Waals surface area contributed by atoms with Crippen LogP contribution in [0.15, 0.2) is 78.9 Å². The van der Waals surface area contributed by atoms with Crippen molar-refractivity contribution >= 4 is 11.9 Å². The summed E-state index contributed by atoms with van der Waals surface area (Å²) >= 11 is 0. The molecule has 1 amide bonds. The van der Waals surface area contributed by atoms with Crippen molar-refractivity contribution in [1.82, 2.24) is 5.32 Å². The van der Waals surface area contributed by atoms with Crippen LogP contribution in [0.4, 0.5) is 0 Å². The normalized spacial score (nSPS) is 10.6. The summed E-state index contributed by atoms with van der Waals surface area (Å²) in [5.41, 5.74) is 3.24. The van der Waals surface area contributed by atoms with Crippen LogP contribution in [0.25, 0.3) is 0 Å².